The van der Waals surface area contributed by atoms with Gasteiger partial charge in [0.1, 0.15) is 23.9 Å². The molecule has 0 amide bonds. The van der Waals surface area contributed by atoms with E-state index in [2.05, 4.69) is 5.32 Å². The van der Waals surface area contributed by atoms with Crippen LogP contribution in [0.15, 0.2) is 109 Å². The number of carbonyl (C=O) groups excluding carboxylic acids is 1. The number of sulfonamides is 1. The molecule has 2 aliphatic heterocycles. The second-order valence-electron chi connectivity index (χ2n) is 12.9. The predicted octanol–water partition coefficient (Wildman–Crippen LogP) is 5.81. The first-order chi connectivity index (χ1) is 25.3. The van der Waals surface area contributed by atoms with Gasteiger partial charge in [-0.15, -0.1) is 0 Å². The van der Waals surface area contributed by atoms with Crippen LogP contribution in [0.5, 0.6) is 17.2 Å². The molecule has 10 nitrogen and oxygen atoms in total. The second kappa shape index (κ2) is 17.7. The van der Waals surface area contributed by atoms with Crippen molar-refractivity contribution in [1.82, 2.24) is 9.62 Å². The monoisotopic (exact) mass is 726 g/mol. The summed E-state index contributed by atoms with van der Waals surface area (Å²) in [6, 6.07) is 31.9. The molecule has 2 aliphatic rings. The van der Waals surface area contributed by atoms with Crippen molar-refractivity contribution in [3.8, 4) is 17.2 Å². The lowest BCUT2D eigenvalue weighted by Crippen LogP contribution is -2.61. The molecular weight excluding hydrogens is 681 g/mol. The summed E-state index contributed by atoms with van der Waals surface area (Å²) in [5, 5.41) is 3.61. The number of rotatable bonds is 17. The summed E-state index contributed by atoms with van der Waals surface area (Å²) in [4.78, 5) is 13.1. The van der Waals surface area contributed by atoms with Crippen LogP contribution >= 0.6 is 0 Å². The Morgan fingerprint density at radius 1 is 0.788 bits per heavy atom. The van der Waals surface area contributed by atoms with E-state index in [1.54, 1.807) is 18.5 Å². The maximum absolute atomic E-state index is 13.6. The summed E-state index contributed by atoms with van der Waals surface area (Å²) in [6.07, 6.45) is 1.37. The SMILES string of the molecule is COc1ccccc1COCCCOc1ccc(C2=C(COC(=O)Cc3ccccc3OC)[C@H]3CN(S(=O)(=O)Cc4ccccc4)C[C@@H](C2)N3)cc1. The van der Waals surface area contributed by atoms with Crippen LogP contribution in [-0.4, -0.2) is 77.9 Å². The third kappa shape index (κ3) is 9.60. The normalized spacial score (nSPS) is 17.4. The Morgan fingerprint density at radius 2 is 1.46 bits per heavy atom. The van der Waals surface area contributed by atoms with Crippen LogP contribution in [0.4, 0.5) is 0 Å². The minimum Gasteiger partial charge on any atom is -0.496 e. The number of nitrogens with zero attached hydrogens (tertiary/aromatic N) is 1. The quantitative estimate of drug-likeness (QED) is 0.107. The molecule has 0 radical (unpaired) electrons. The van der Waals surface area contributed by atoms with Crippen LogP contribution in [0, 0.1) is 0 Å². The summed E-state index contributed by atoms with van der Waals surface area (Å²) in [7, 11) is -0.359. The zero-order valence-corrected chi connectivity index (χ0v) is 30.5. The number of benzene rings is 4. The number of piperazine rings is 1. The Hall–Kier alpha value is -4.68. The molecule has 2 heterocycles. The number of esters is 1. The number of nitrogens with one attached hydrogen (secondary N) is 1. The Kier molecular flexibility index (Phi) is 12.6. The fourth-order valence-corrected chi connectivity index (χ4v) is 8.33. The van der Waals surface area contributed by atoms with E-state index in [1.807, 2.05) is 103 Å². The van der Waals surface area contributed by atoms with Crippen molar-refractivity contribution in [3.63, 3.8) is 0 Å². The highest BCUT2D eigenvalue weighted by Gasteiger charge is 2.40. The smallest absolute Gasteiger partial charge is 0.310 e. The average molecular weight is 727 g/mol. The molecule has 11 heteroatoms. The van der Waals surface area contributed by atoms with Gasteiger partial charge in [-0.2, -0.15) is 4.31 Å². The minimum atomic E-state index is -3.58. The van der Waals surface area contributed by atoms with Crippen molar-refractivity contribution in [3.05, 3.63) is 131 Å². The number of hydrogen-bond donors (Lipinski definition) is 1. The largest absolute Gasteiger partial charge is 0.496 e. The van der Waals surface area contributed by atoms with Gasteiger partial charge in [0.05, 0.1) is 46.2 Å². The molecule has 2 bridgehead atoms. The van der Waals surface area contributed by atoms with Crippen molar-refractivity contribution in [1.29, 1.82) is 0 Å². The molecule has 0 aromatic heterocycles. The van der Waals surface area contributed by atoms with Crippen LogP contribution in [0.25, 0.3) is 5.57 Å². The highest BCUT2D eigenvalue weighted by atomic mass is 32.2. The van der Waals surface area contributed by atoms with E-state index in [-0.39, 0.29) is 37.4 Å². The predicted molar refractivity (Wildman–Crippen MR) is 200 cm³/mol. The van der Waals surface area contributed by atoms with Gasteiger partial charge in [-0.05, 0) is 53.0 Å². The third-order valence-corrected chi connectivity index (χ3v) is 11.1. The van der Waals surface area contributed by atoms with Crippen LogP contribution < -0.4 is 19.5 Å². The molecular formula is C41H46N2O8S. The number of para-hydroxylation sites is 2. The van der Waals surface area contributed by atoms with Gasteiger partial charge in [-0.1, -0.05) is 78.9 Å². The Balaban J connectivity index is 1.13. The topological polar surface area (TPSA) is 113 Å². The zero-order chi connectivity index (χ0) is 36.3. The van der Waals surface area contributed by atoms with Gasteiger partial charge < -0.3 is 29.0 Å². The third-order valence-electron chi connectivity index (χ3n) is 9.36. The summed E-state index contributed by atoms with van der Waals surface area (Å²) >= 11 is 0. The maximum atomic E-state index is 13.6. The lowest BCUT2D eigenvalue weighted by Gasteiger charge is -2.44. The summed E-state index contributed by atoms with van der Waals surface area (Å²) in [5.74, 6) is 1.72. The standard InChI is InChI=1S/C41H46N2O8S/c1-47-39-15-8-6-13-32(39)23-41(44)51-28-37-36(24-34-25-43(26-38(37)42-34)52(45,46)29-30-11-4-3-5-12-30)31-17-19-35(20-18-31)50-22-10-21-49-27-33-14-7-9-16-40(33)48-2/h3-9,11-20,34,38,42H,10,21-29H2,1-2H3/t34-,38-/m1/s1. The van der Waals surface area contributed by atoms with E-state index in [1.165, 1.54) is 0 Å². The highest BCUT2D eigenvalue weighted by Crippen LogP contribution is 2.35. The highest BCUT2D eigenvalue weighted by molar-refractivity contribution is 7.88. The van der Waals surface area contributed by atoms with Gasteiger partial charge in [0, 0.05) is 42.7 Å². The second-order valence-corrected chi connectivity index (χ2v) is 14.9. The number of hydrogen-bond acceptors (Lipinski definition) is 9. The van der Waals surface area contributed by atoms with Gasteiger partial charge in [0.15, 0.2) is 0 Å². The average Bonchev–Trinajstić information content (AvgIpc) is 3.16. The van der Waals surface area contributed by atoms with E-state index in [0.29, 0.717) is 38.5 Å². The first kappa shape index (κ1) is 37.1. The summed E-state index contributed by atoms with van der Waals surface area (Å²) in [5.41, 5.74) is 5.39. The fraction of sp³-hybridized carbons (Fsp3) is 0.341. The molecule has 0 aliphatic carbocycles. The number of methoxy groups -OCH3 is 2. The lowest BCUT2D eigenvalue weighted by molar-refractivity contribution is -0.142. The molecule has 52 heavy (non-hydrogen) atoms. The van der Waals surface area contributed by atoms with E-state index in [4.69, 9.17) is 23.7 Å². The molecule has 1 N–H and O–H groups in total. The first-order valence-corrected chi connectivity index (χ1v) is 19.1. The van der Waals surface area contributed by atoms with E-state index < -0.39 is 16.0 Å². The van der Waals surface area contributed by atoms with E-state index >= 15 is 0 Å². The molecule has 6 rings (SSSR count). The Bertz CT molecular complexity index is 1930. The zero-order valence-electron chi connectivity index (χ0n) is 29.7. The van der Waals surface area contributed by atoms with Crippen molar-refractivity contribution >= 4 is 21.6 Å². The fourth-order valence-electron chi connectivity index (χ4n) is 6.75. The first-order valence-electron chi connectivity index (χ1n) is 17.5. The van der Waals surface area contributed by atoms with Gasteiger partial charge >= 0.3 is 5.97 Å². The van der Waals surface area contributed by atoms with Gasteiger partial charge in [-0.25, -0.2) is 8.42 Å². The van der Waals surface area contributed by atoms with Crippen molar-refractivity contribution in [2.75, 3.05) is 47.1 Å². The summed E-state index contributed by atoms with van der Waals surface area (Å²) < 4.78 is 57.3. The van der Waals surface area contributed by atoms with Crippen LogP contribution in [0.2, 0.25) is 0 Å². The number of fused-ring (bicyclic) bond motifs is 2. The van der Waals surface area contributed by atoms with E-state index in [9.17, 15) is 13.2 Å². The van der Waals surface area contributed by atoms with Crippen LogP contribution in [0.1, 0.15) is 35.1 Å². The molecule has 2 atom stereocenters. The molecule has 0 unspecified atom stereocenters. The van der Waals surface area contributed by atoms with Crippen LogP contribution in [0.3, 0.4) is 0 Å². The molecule has 1 fully saturated rings. The molecule has 0 saturated carbocycles. The van der Waals surface area contributed by atoms with E-state index in [0.717, 1.165) is 51.3 Å². The molecule has 1 saturated heterocycles. The molecule has 4 aromatic carbocycles. The lowest BCUT2D eigenvalue weighted by atomic mass is 9.84. The van der Waals surface area contributed by atoms with Crippen molar-refractivity contribution in [2.45, 2.75) is 43.7 Å². The molecule has 4 aromatic rings. The number of carbonyl (C=O) groups is 1. The van der Waals surface area contributed by atoms with Crippen molar-refractivity contribution < 1.29 is 36.9 Å². The van der Waals surface area contributed by atoms with Gasteiger partial charge in [-0.3, -0.25) is 4.79 Å². The van der Waals surface area contributed by atoms with Crippen molar-refractivity contribution in [2.24, 2.45) is 0 Å². The minimum absolute atomic E-state index is 0.0351. The summed E-state index contributed by atoms with van der Waals surface area (Å²) in [6.45, 7) is 2.16. The number of ether oxygens (including phenoxy) is 5. The Morgan fingerprint density at radius 3 is 2.19 bits per heavy atom. The Labute approximate surface area is 306 Å². The van der Waals surface area contributed by atoms with Gasteiger partial charge in [0.25, 0.3) is 0 Å². The molecule has 0 spiro atoms. The van der Waals surface area contributed by atoms with Gasteiger partial charge in [0.2, 0.25) is 10.0 Å². The van der Waals surface area contributed by atoms with Crippen LogP contribution in [-0.2, 0) is 43.1 Å². The maximum Gasteiger partial charge on any atom is 0.310 e. The molecule has 274 valence electrons.